The van der Waals surface area contributed by atoms with Gasteiger partial charge in [-0.3, -0.25) is 9.59 Å². The van der Waals surface area contributed by atoms with Crippen molar-refractivity contribution in [2.45, 2.75) is 32.7 Å². The molecular formula is C14H18N2O3. The molecule has 0 spiro atoms. The number of rotatable bonds is 3. The van der Waals surface area contributed by atoms with Crippen molar-refractivity contribution in [1.82, 2.24) is 5.32 Å². The van der Waals surface area contributed by atoms with Crippen LogP contribution in [-0.4, -0.2) is 25.0 Å². The second kappa shape index (κ2) is 5.30. The molecule has 1 aromatic rings. The number of carbonyl (C=O) groups is 2. The van der Waals surface area contributed by atoms with Crippen LogP contribution in [0.5, 0.6) is 5.75 Å². The molecule has 1 atom stereocenters. The fourth-order valence-electron chi connectivity index (χ4n) is 2.18. The van der Waals surface area contributed by atoms with Crippen molar-refractivity contribution in [3.05, 3.63) is 23.3 Å². The Bertz CT molecular complexity index is 526. The van der Waals surface area contributed by atoms with Crippen molar-refractivity contribution in [1.29, 1.82) is 0 Å². The first-order valence-electron chi connectivity index (χ1n) is 6.27. The molecule has 0 radical (unpaired) electrons. The number of hydrogen-bond acceptors (Lipinski definition) is 3. The number of methoxy groups -OCH3 is 1. The van der Waals surface area contributed by atoms with Crippen molar-refractivity contribution in [2.75, 3.05) is 12.4 Å². The molecule has 1 aliphatic heterocycles. The lowest BCUT2D eigenvalue weighted by atomic mass is 10.1. The molecule has 1 aliphatic rings. The average molecular weight is 262 g/mol. The third kappa shape index (κ3) is 2.70. The monoisotopic (exact) mass is 262 g/mol. The molecule has 0 aromatic heterocycles. The predicted molar refractivity (Wildman–Crippen MR) is 72.3 cm³/mol. The highest BCUT2D eigenvalue weighted by molar-refractivity contribution is 5.99. The number of benzene rings is 1. The molecule has 0 saturated carbocycles. The summed E-state index contributed by atoms with van der Waals surface area (Å²) in [6.45, 7) is 3.88. The van der Waals surface area contributed by atoms with Crippen molar-refractivity contribution in [2.24, 2.45) is 0 Å². The molecule has 1 fully saturated rings. The van der Waals surface area contributed by atoms with Gasteiger partial charge in [-0.2, -0.15) is 0 Å². The Morgan fingerprint density at radius 1 is 1.37 bits per heavy atom. The second-order valence-corrected chi connectivity index (χ2v) is 4.71. The molecule has 19 heavy (non-hydrogen) atoms. The third-order valence-electron chi connectivity index (χ3n) is 3.53. The normalized spacial score (nSPS) is 18.1. The molecule has 1 saturated heterocycles. The topological polar surface area (TPSA) is 67.4 Å². The summed E-state index contributed by atoms with van der Waals surface area (Å²) in [4.78, 5) is 23.1. The van der Waals surface area contributed by atoms with Gasteiger partial charge in [-0.25, -0.2) is 0 Å². The van der Waals surface area contributed by atoms with Crippen LogP contribution in [0.15, 0.2) is 12.1 Å². The van der Waals surface area contributed by atoms with E-state index in [4.69, 9.17) is 4.74 Å². The van der Waals surface area contributed by atoms with E-state index in [9.17, 15) is 9.59 Å². The van der Waals surface area contributed by atoms with E-state index >= 15 is 0 Å². The van der Waals surface area contributed by atoms with Crippen LogP contribution < -0.4 is 15.4 Å². The zero-order chi connectivity index (χ0) is 14.0. The summed E-state index contributed by atoms with van der Waals surface area (Å²) in [6, 6.07) is 3.22. The molecule has 1 unspecified atom stereocenters. The highest BCUT2D eigenvalue weighted by Crippen LogP contribution is 2.27. The van der Waals surface area contributed by atoms with Gasteiger partial charge in [0, 0.05) is 12.1 Å². The molecule has 2 rings (SSSR count). The number of anilines is 1. The molecule has 5 nitrogen and oxygen atoms in total. The number of carbonyl (C=O) groups excluding carboxylic acids is 2. The maximum atomic E-state index is 12.0. The number of amides is 2. The first kappa shape index (κ1) is 13.4. The van der Waals surface area contributed by atoms with Crippen LogP contribution in [0, 0.1) is 13.8 Å². The van der Waals surface area contributed by atoms with Gasteiger partial charge in [0.2, 0.25) is 11.8 Å². The minimum Gasteiger partial charge on any atom is -0.496 e. The third-order valence-corrected chi connectivity index (χ3v) is 3.53. The van der Waals surface area contributed by atoms with E-state index in [2.05, 4.69) is 10.6 Å². The van der Waals surface area contributed by atoms with Gasteiger partial charge < -0.3 is 15.4 Å². The predicted octanol–water partition coefficient (Wildman–Crippen LogP) is 1.53. The second-order valence-electron chi connectivity index (χ2n) is 4.71. The Balaban J connectivity index is 2.13. The van der Waals surface area contributed by atoms with Gasteiger partial charge in [0.1, 0.15) is 11.8 Å². The number of hydrogen-bond donors (Lipinski definition) is 2. The number of nitrogens with one attached hydrogen (secondary N) is 2. The van der Waals surface area contributed by atoms with Crippen LogP contribution >= 0.6 is 0 Å². The van der Waals surface area contributed by atoms with Crippen LogP contribution in [0.1, 0.15) is 24.0 Å². The molecule has 0 aliphatic carbocycles. The van der Waals surface area contributed by atoms with E-state index in [1.54, 1.807) is 7.11 Å². The summed E-state index contributed by atoms with van der Waals surface area (Å²) >= 11 is 0. The van der Waals surface area contributed by atoms with Gasteiger partial charge in [-0.05, 0) is 43.5 Å². The molecule has 102 valence electrons. The summed E-state index contributed by atoms with van der Waals surface area (Å²) in [5, 5.41) is 5.51. The molecule has 2 amide bonds. The number of ether oxygens (including phenoxy) is 1. The Kier molecular flexibility index (Phi) is 3.74. The van der Waals surface area contributed by atoms with Crippen molar-refractivity contribution in [3.63, 3.8) is 0 Å². The van der Waals surface area contributed by atoms with Gasteiger partial charge in [-0.1, -0.05) is 0 Å². The van der Waals surface area contributed by atoms with Crippen LogP contribution in [-0.2, 0) is 9.59 Å². The summed E-state index contributed by atoms with van der Waals surface area (Å²) in [5.74, 6) is 0.561. The van der Waals surface area contributed by atoms with E-state index in [0.29, 0.717) is 12.8 Å². The van der Waals surface area contributed by atoms with Crippen LogP contribution in [0.3, 0.4) is 0 Å². The maximum Gasteiger partial charge on any atom is 0.246 e. The Morgan fingerprint density at radius 3 is 2.68 bits per heavy atom. The minimum atomic E-state index is -0.422. The zero-order valence-corrected chi connectivity index (χ0v) is 11.4. The van der Waals surface area contributed by atoms with Gasteiger partial charge in [0.15, 0.2) is 0 Å². The van der Waals surface area contributed by atoms with Crippen molar-refractivity contribution < 1.29 is 14.3 Å². The zero-order valence-electron chi connectivity index (χ0n) is 11.4. The largest absolute Gasteiger partial charge is 0.496 e. The first-order valence-corrected chi connectivity index (χ1v) is 6.27. The average Bonchev–Trinajstić information content (AvgIpc) is 2.82. The molecule has 5 heteroatoms. The van der Waals surface area contributed by atoms with E-state index < -0.39 is 6.04 Å². The first-order chi connectivity index (χ1) is 9.02. The highest BCUT2D eigenvalue weighted by atomic mass is 16.5. The molecule has 1 heterocycles. The van der Waals surface area contributed by atoms with E-state index in [0.717, 1.165) is 22.6 Å². The summed E-state index contributed by atoms with van der Waals surface area (Å²) in [5.41, 5.74) is 2.72. The lowest BCUT2D eigenvalue weighted by molar-refractivity contribution is -0.122. The smallest absolute Gasteiger partial charge is 0.246 e. The highest BCUT2D eigenvalue weighted by Gasteiger charge is 2.27. The SMILES string of the molecule is COc1ccc(NC(=O)C2CCC(=O)N2)c(C)c1C. The fraction of sp³-hybridized carbons (Fsp3) is 0.429. The van der Waals surface area contributed by atoms with Gasteiger partial charge in [0.05, 0.1) is 7.11 Å². The standard InChI is InChI=1S/C14H18N2O3/c1-8-9(2)12(19-3)6-4-10(8)16-14(18)11-5-7-13(17)15-11/h4,6,11H,5,7H2,1-3H3,(H,15,17)(H,16,18). The van der Waals surface area contributed by atoms with Crippen LogP contribution in [0.2, 0.25) is 0 Å². The lowest BCUT2D eigenvalue weighted by Crippen LogP contribution is -2.37. The van der Waals surface area contributed by atoms with Crippen LogP contribution in [0.25, 0.3) is 0 Å². The summed E-state index contributed by atoms with van der Waals surface area (Å²) < 4.78 is 5.23. The maximum absolute atomic E-state index is 12.0. The fourth-order valence-corrected chi connectivity index (χ4v) is 2.18. The van der Waals surface area contributed by atoms with Crippen LogP contribution in [0.4, 0.5) is 5.69 Å². The van der Waals surface area contributed by atoms with Gasteiger partial charge in [0.25, 0.3) is 0 Å². The molecule has 2 N–H and O–H groups in total. The quantitative estimate of drug-likeness (QED) is 0.868. The van der Waals surface area contributed by atoms with E-state index in [1.807, 2.05) is 26.0 Å². The van der Waals surface area contributed by atoms with Crippen molar-refractivity contribution in [3.8, 4) is 5.75 Å². The van der Waals surface area contributed by atoms with Crippen molar-refractivity contribution >= 4 is 17.5 Å². The van der Waals surface area contributed by atoms with Gasteiger partial charge in [-0.15, -0.1) is 0 Å². The van der Waals surface area contributed by atoms with E-state index in [1.165, 1.54) is 0 Å². The molecular weight excluding hydrogens is 244 g/mol. The van der Waals surface area contributed by atoms with Gasteiger partial charge >= 0.3 is 0 Å². The van der Waals surface area contributed by atoms with E-state index in [-0.39, 0.29) is 11.8 Å². The Morgan fingerprint density at radius 2 is 2.11 bits per heavy atom. The molecule has 1 aromatic carbocycles. The summed E-state index contributed by atoms with van der Waals surface area (Å²) in [7, 11) is 1.62. The Labute approximate surface area is 112 Å². The lowest BCUT2D eigenvalue weighted by Gasteiger charge is -2.15. The summed E-state index contributed by atoms with van der Waals surface area (Å²) in [6.07, 6.45) is 0.970. The Hall–Kier alpha value is -2.04. The minimum absolute atomic E-state index is 0.0669. The molecule has 0 bridgehead atoms.